The number of anilines is 5. The summed E-state index contributed by atoms with van der Waals surface area (Å²) in [5.74, 6) is 0.849. The van der Waals surface area contributed by atoms with Crippen molar-refractivity contribution in [1.29, 1.82) is 0 Å². The first-order valence-electron chi connectivity index (χ1n) is 8.88. The molecule has 3 aromatic rings. The first-order valence-corrected chi connectivity index (χ1v) is 8.88. The fourth-order valence-electron chi connectivity index (χ4n) is 3.10. The number of benzene rings is 2. The maximum atomic E-state index is 5.90. The summed E-state index contributed by atoms with van der Waals surface area (Å²) in [6.07, 6.45) is 0. The molecule has 1 aliphatic heterocycles. The van der Waals surface area contributed by atoms with E-state index in [1.54, 1.807) is 0 Å². The van der Waals surface area contributed by atoms with Crippen LogP contribution in [0.5, 0.6) is 0 Å². The van der Waals surface area contributed by atoms with Gasteiger partial charge in [-0.25, -0.2) is 4.98 Å². The SMILES string of the molecule is Nc1cccc(-c2cc(Nc3ccc(N4CCOCC4)cc3)nc(N)n2)c1. The molecule has 7 nitrogen and oxygen atoms in total. The Morgan fingerprint density at radius 2 is 1.70 bits per heavy atom. The molecule has 0 amide bonds. The lowest BCUT2D eigenvalue weighted by molar-refractivity contribution is 0.122. The van der Waals surface area contributed by atoms with Gasteiger partial charge >= 0.3 is 0 Å². The number of ether oxygens (including phenoxy) is 1. The van der Waals surface area contributed by atoms with E-state index in [9.17, 15) is 0 Å². The fourth-order valence-corrected chi connectivity index (χ4v) is 3.10. The molecule has 7 heteroatoms. The van der Waals surface area contributed by atoms with Crippen LogP contribution >= 0.6 is 0 Å². The first kappa shape index (κ1) is 17.1. The predicted molar refractivity (Wildman–Crippen MR) is 109 cm³/mol. The Labute approximate surface area is 158 Å². The fraction of sp³-hybridized carbons (Fsp3) is 0.200. The average Bonchev–Trinajstić information content (AvgIpc) is 2.69. The molecule has 138 valence electrons. The van der Waals surface area contributed by atoms with Crippen LogP contribution in [0, 0.1) is 0 Å². The standard InChI is InChI=1S/C20H22N6O/c21-15-3-1-2-14(12-15)18-13-19(25-20(22)24-18)23-16-4-6-17(7-5-16)26-8-10-27-11-9-26/h1-7,12-13H,8-11,21H2,(H3,22,23,24,25). The van der Waals surface area contributed by atoms with Crippen molar-refractivity contribution in [3.05, 3.63) is 54.6 Å². The van der Waals surface area contributed by atoms with Crippen molar-refractivity contribution in [2.45, 2.75) is 0 Å². The topological polar surface area (TPSA) is 102 Å². The Morgan fingerprint density at radius 1 is 0.926 bits per heavy atom. The van der Waals surface area contributed by atoms with E-state index in [-0.39, 0.29) is 5.95 Å². The zero-order valence-electron chi connectivity index (χ0n) is 14.9. The van der Waals surface area contributed by atoms with E-state index in [1.807, 2.05) is 42.5 Å². The molecule has 5 N–H and O–H groups in total. The normalized spacial score (nSPS) is 14.1. The lowest BCUT2D eigenvalue weighted by atomic mass is 10.1. The van der Waals surface area contributed by atoms with E-state index in [2.05, 4.69) is 32.3 Å². The van der Waals surface area contributed by atoms with E-state index in [0.717, 1.165) is 43.2 Å². The molecule has 1 aliphatic rings. The van der Waals surface area contributed by atoms with Gasteiger partial charge in [0, 0.05) is 41.8 Å². The second-order valence-corrected chi connectivity index (χ2v) is 6.39. The van der Waals surface area contributed by atoms with Gasteiger partial charge in [0.1, 0.15) is 5.82 Å². The Balaban J connectivity index is 1.54. The quantitative estimate of drug-likeness (QED) is 0.613. The molecule has 0 radical (unpaired) electrons. The Bertz CT molecular complexity index is 922. The van der Waals surface area contributed by atoms with Crippen LogP contribution < -0.4 is 21.7 Å². The molecule has 4 rings (SSSR count). The third-order valence-electron chi connectivity index (χ3n) is 4.44. The van der Waals surface area contributed by atoms with Gasteiger partial charge in [0.25, 0.3) is 0 Å². The van der Waals surface area contributed by atoms with Crippen LogP contribution in [0.15, 0.2) is 54.6 Å². The van der Waals surface area contributed by atoms with Gasteiger partial charge in [0.2, 0.25) is 5.95 Å². The van der Waals surface area contributed by atoms with E-state index in [4.69, 9.17) is 16.2 Å². The number of rotatable bonds is 4. The highest BCUT2D eigenvalue weighted by Crippen LogP contribution is 2.25. The third kappa shape index (κ3) is 4.09. The van der Waals surface area contributed by atoms with Crippen LogP contribution in [0.4, 0.5) is 28.8 Å². The summed E-state index contributed by atoms with van der Waals surface area (Å²) < 4.78 is 5.40. The summed E-state index contributed by atoms with van der Waals surface area (Å²) in [6.45, 7) is 3.37. The molecule has 0 unspecified atom stereocenters. The van der Waals surface area contributed by atoms with Crippen molar-refractivity contribution in [2.24, 2.45) is 0 Å². The third-order valence-corrected chi connectivity index (χ3v) is 4.44. The molecule has 27 heavy (non-hydrogen) atoms. The molecule has 0 spiro atoms. The zero-order chi connectivity index (χ0) is 18.6. The Hall–Kier alpha value is -3.32. The van der Waals surface area contributed by atoms with Crippen LogP contribution in [0.1, 0.15) is 0 Å². The minimum Gasteiger partial charge on any atom is -0.399 e. The van der Waals surface area contributed by atoms with Crippen molar-refractivity contribution < 1.29 is 4.74 Å². The van der Waals surface area contributed by atoms with Crippen molar-refractivity contribution in [2.75, 3.05) is 48.0 Å². The number of nitrogens with two attached hydrogens (primary N) is 2. The minimum absolute atomic E-state index is 0.211. The highest BCUT2D eigenvalue weighted by Gasteiger charge is 2.11. The lowest BCUT2D eigenvalue weighted by Crippen LogP contribution is -2.36. The van der Waals surface area contributed by atoms with Crippen molar-refractivity contribution in [1.82, 2.24) is 9.97 Å². The van der Waals surface area contributed by atoms with E-state index >= 15 is 0 Å². The zero-order valence-corrected chi connectivity index (χ0v) is 14.9. The number of nitrogens with zero attached hydrogens (tertiary/aromatic N) is 3. The van der Waals surface area contributed by atoms with Crippen molar-refractivity contribution in [3.8, 4) is 11.3 Å². The van der Waals surface area contributed by atoms with Gasteiger partial charge in [0.05, 0.1) is 18.9 Å². The molecule has 1 saturated heterocycles. The van der Waals surface area contributed by atoms with Crippen LogP contribution in [-0.4, -0.2) is 36.3 Å². The first-order chi connectivity index (χ1) is 13.2. The van der Waals surface area contributed by atoms with E-state index in [1.165, 1.54) is 5.69 Å². The van der Waals surface area contributed by atoms with Crippen LogP contribution in [0.3, 0.4) is 0 Å². The summed E-state index contributed by atoms with van der Waals surface area (Å²) in [6, 6.07) is 17.6. The molecular formula is C20H22N6O. The molecule has 0 saturated carbocycles. The monoisotopic (exact) mass is 362 g/mol. The van der Waals surface area contributed by atoms with Gasteiger partial charge in [-0.05, 0) is 36.4 Å². The summed E-state index contributed by atoms with van der Waals surface area (Å²) in [4.78, 5) is 10.9. The molecule has 2 heterocycles. The van der Waals surface area contributed by atoms with Gasteiger partial charge < -0.3 is 26.4 Å². The smallest absolute Gasteiger partial charge is 0.222 e. The van der Waals surface area contributed by atoms with Gasteiger partial charge in [-0.3, -0.25) is 0 Å². The van der Waals surface area contributed by atoms with Gasteiger partial charge in [-0.1, -0.05) is 12.1 Å². The predicted octanol–water partition coefficient (Wildman–Crippen LogP) is 2.89. The average molecular weight is 362 g/mol. The highest BCUT2D eigenvalue weighted by molar-refractivity contribution is 5.70. The molecular weight excluding hydrogens is 340 g/mol. The Morgan fingerprint density at radius 3 is 2.44 bits per heavy atom. The Kier molecular flexibility index (Phi) is 4.76. The summed E-state index contributed by atoms with van der Waals surface area (Å²) >= 11 is 0. The van der Waals surface area contributed by atoms with E-state index in [0.29, 0.717) is 11.5 Å². The minimum atomic E-state index is 0.211. The number of morpholine rings is 1. The van der Waals surface area contributed by atoms with Crippen LogP contribution in [-0.2, 0) is 4.74 Å². The number of nitrogen functional groups attached to an aromatic ring is 2. The van der Waals surface area contributed by atoms with Crippen molar-refractivity contribution in [3.63, 3.8) is 0 Å². The van der Waals surface area contributed by atoms with Crippen LogP contribution in [0.2, 0.25) is 0 Å². The molecule has 1 fully saturated rings. The second kappa shape index (κ2) is 7.51. The maximum absolute atomic E-state index is 5.90. The number of aromatic nitrogens is 2. The number of hydrogen-bond donors (Lipinski definition) is 3. The van der Waals surface area contributed by atoms with Gasteiger partial charge in [0.15, 0.2) is 0 Å². The molecule has 2 aromatic carbocycles. The molecule has 1 aromatic heterocycles. The lowest BCUT2D eigenvalue weighted by Gasteiger charge is -2.28. The summed E-state index contributed by atoms with van der Waals surface area (Å²) in [5.41, 5.74) is 16.2. The summed E-state index contributed by atoms with van der Waals surface area (Å²) in [5, 5.41) is 3.29. The molecule has 0 bridgehead atoms. The molecule has 0 aliphatic carbocycles. The van der Waals surface area contributed by atoms with Crippen LogP contribution in [0.25, 0.3) is 11.3 Å². The summed E-state index contributed by atoms with van der Waals surface area (Å²) in [7, 11) is 0. The van der Waals surface area contributed by atoms with E-state index < -0.39 is 0 Å². The highest BCUT2D eigenvalue weighted by atomic mass is 16.5. The van der Waals surface area contributed by atoms with Crippen molar-refractivity contribution >= 4 is 28.8 Å². The number of hydrogen-bond acceptors (Lipinski definition) is 7. The number of nitrogens with one attached hydrogen (secondary N) is 1. The molecule has 0 atom stereocenters. The maximum Gasteiger partial charge on any atom is 0.222 e. The second-order valence-electron chi connectivity index (χ2n) is 6.39. The largest absolute Gasteiger partial charge is 0.399 e. The van der Waals surface area contributed by atoms with Gasteiger partial charge in [-0.15, -0.1) is 0 Å². The van der Waals surface area contributed by atoms with Gasteiger partial charge in [-0.2, -0.15) is 4.98 Å².